The molecule has 5 N–H and O–H groups in total. The Morgan fingerprint density at radius 2 is 1.40 bits per heavy atom. The summed E-state index contributed by atoms with van der Waals surface area (Å²) in [6.07, 6.45) is 3.83. The van der Waals surface area contributed by atoms with Crippen molar-refractivity contribution in [3.05, 3.63) is 0 Å². The molecule has 1 saturated heterocycles. The number of rotatable bonds is 11. The second-order valence-electron chi connectivity index (χ2n) is 15.8. The molecule has 0 bridgehead atoms. The van der Waals surface area contributed by atoms with Gasteiger partial charge in [0.1, 0.15) is 12.1 Å². The van der Waals surface area contributed by atoms with Gasteiger partial charge in [0, 0.05) is 12.5 Å². The van der Waals surface area contributed by atoms with Gasteiger partial charge in [-0.2, -0.15) is 0 Å². The molecule has 3 aliphatic carbocycles. The van der Waals surface area contributed by atoms with Gasteiger partial charge in [-0.15, -0.1) is 0 Å². The normalized spacial score (nSPS) is 26.8. The van der Waals surface area contributed by atoms with Gasteiger partial charge in [-0.25, -0.2) is 4.79 Å². The lowest BCUT2D eigenvalue weighted by atomic mass is 9.82. The number of nitrogens with two attached hydrogens (primary N) is 1. The predicted octanol–water partition coefficient (Wildman–Crippen LogP) is 1.92. The summed E-state index contributed by atoms with van der Waals surface area (Å²) >= 11 is 0. The number of carbonyl (C=O) groups is 6. The number of nitrogens with zero attached hydrogens (tertiary/aromatic N) is 1. The van der Waals surface area contributed by atoms with E-state index >= 15 is 0 Å². The zero-order valence-electron chi connectivity index (χ0n) is 26.3. The van der Waals surface area contributed by atoms with Crippen LogP contribution in [0, 0.1) is 39.9 Å². The standard InChI is InChI=1S/C31H49N5O6/c1-29(2,3)23(21(37)16-11-12-16)34-28(42)35-24(30(4,5)6)27(41)36-14-17-19(31(17,7)8)20(36)26(40)33-18(13-15-9-10-15)22(38)25(32)39/h15-20,23-24H,9-14H2,1-8H3,(H2,32,39)(H,33,40)(H2,34,35,42)/t17-,18?,19-,20-,23+,24+/m0/s1. The minimum atomic E-state index is -1.10. The van der Waals surface area contributed by atoms with Gasteiger partial charge in [0.2, 0.25) is 17.6 Å². The van der Waals surface area contributed by atoms with Gasteiger partial charge < -0.3 is 26.6 Å². The molecule has 1 aliphatic heterocycles. The van der Waals surface area contributed by atoms with E-state index in [1.165, 1.54) is 4.90 Å². The van der Waals surface area contributed by atoms with Gasteiger partial charge in [0.15, 0.2) is 5.78 Å². The van der Waals surface area contributed by atoms with Gasteiger partial charge in [0.25, 0.3) is 5.91 Å². The van der Waals surface area contributed by atoms with Crippen LogP contribution in [-0.2, 0) is 24.0 Å². The van der Waals surface area contributed by atoms with Gasteiger partial charge >= 0.3 is 6.03 Å². The van der Waals surface area contributed by atoms with Gasteiger partial charge in [-0.3, -0.25) is 24.0 Å². The molecule has 0 aromatic rings. The van der Waals surface area contributed by atoms with Crippen molar-refractivity contribution in [1.29, 1.82) is 0 Å². The fourth-order valence-corrected chi connectivity index (χ4v) is 6.60. The largest absolute Gasteiger partial charge is 0.363 e. The number of Topliss-reactive ketones (excluding diaryl/α,β-unsaturated/α-hetero) is 2. The first-order valence-electron chi connectivity index (χ1n) is 15.3. The van der Waals surface area contributed by atoms with Crippen molar-refractivity contribution < 1.29 is 28.8 Å². The molecule has 1 unspecified atom stereocenters. The topological polar surface area (TPSA) is 168 Å². The molecule has 234 valence electrons. The van der Waals surface area contributed by atoms with Crippen LogP contribution in [0.3, 0.4) is 0 Å². The lowest BCUT2D eigenvalue weighted by Crippen LogP contribution is -2.62. The number of likely N-dealkylation sites (tertiary alicyclic amines) is 1. The Bertz CT molecular complexity index is 1160. The Morgan fingerprint density at radius 1 is 0.857 bits per heavy atom. The quantitative estimate of drug-likeness (QED) is 0.269. The summed E-state index contributed by atoms with van der Waals surface area (Å²) in [7, 11) is 0. The molecular formula is C31H49N5O6. The van der Waals surface area contributed by atoms with Crippen LogP contribution < -0.4 is 21.7 Å². The number of hydrogen-bond acceptors (Lipinski definition) is 6. The first kappa shape index (κ1) is 31.9. The molecule has 1 heterocycles. The van der Waals surface area contributed by atoms with Gasteiger partial charge in [-0.05, 0) is 53.3 Å². The molecule has 0 aromatic carbocycles. The Labute approximate surface area is 248 Å². The van der Waals surface area contributed by atoms with E-state index in [1.54, 1.807) is 0 Å². The molecular weight excluding hydrogens is 538 g/mol. The highest BCUT2D eigenvalue weighted by atomic mass is 16.2. The van der Waals surface area contributed by atoms with Crippen molar-refractivity contribution in [3.63, 3.8) is 0 Å². The third-order valence-electron chi connectivity index (χ3n) is 9.70. The molecule has 0 spiro atoms. The summed E-state index contributed by atoms with van der Waals surface area (Å²) in [5, 5.41) is 8.42. The van der Waals surface area contributed by atoms with Crippen molar-refractivity contribution in [3.8, 4) is 0 Å². The summed E-state index contributed by atoms with van der Waals surface area (Å²) in [6, 6.07) is -4.18. The average Bonchev–Trinajstić information content (AvgIpc) is 3.80. The third kappa shape index (κ3) is 6.64. The molecule has 5 amide bonds. The molecule has 6 atom stereocenters. The Kier molecular flexibility index (Phi) is 8.32. The van der Waals surface area contributed by atoms with Crippen molar-refractivity contribution in [2.45, 2.75) is 112 Å². The second-order valence-corrected chi connectivity index (χ2v) is 15.8. The summed E-state index contributed by atoms with van der Waals surface area (Å²) < 4.78 is 0. The van der Waals surface area contributed by atoms with Gasteiger partial charge in [0.05, 0.1) is 12.1 Å². The lowest BCUT2D eigenvalue weighted by Gasteiger charge is -2.38. The van der Waals surface area contributed by atoms with Crippen LogP contribution in [0.1, 0.15) is 87.5 Å². The Balaban J connectivity index is 1.53. The average molecular weight is 588 g/mol. The van der Waals surface area contributed by atoms with E-state index in [1.807, 2.05) is 41.5 Å². The highest BCUT2D eigenvalue weighted by molar-refractivity contribution is 6.37. The maximum Gasteiger partial charge on any atom is 0.316 e. The maximum atomic E-state index is 14.2. The predicted molar refractivity (Wildman–Crippen MR) is 156 cm³/mol. The first-order valence-corrected chi connectivity index (χ1v) is 15.3. The minimum absolute atomic E-state index is 0.00106. The number of nitrogens with one attached hydrogen (secondary N) is 3. The first-order chi connectivity index (χ1) is 19.2. The summed E-state index contributed by atoms with van der Waals surface area (Å²) in [6.45, 7) is 15.6. The van der Waals surface area contributed by atoms with E-state index in [9.17, 15) is 28.8 Å². The zero-order chi connectivity index (χ0) is 31.5. The number of carbonyl (C=O) groups excluding carboxylic acids is 6. The minimum Gasteiger partial charge on any atom is -0.363 e. The van der Waals surface area contributed by atoms with Crippen molar-refractivity contribution in [2.75, 3.05) is 6.54 Å². The van der Waals surface area contributed by atoms with Crippen LogP contribution in [0.5, 0.6) is 0 Å². The number of amides is 5. The second kappa shape index (κ2) is 10.9. The Morgan fingerprint density at radius 3 is 1.88 bits per heavy atom. The molecule has 3 saturated carbocycles. The highest BCUT2D eigenvalue weighted by Crippen LogP contribution is 2.65. The monoisotopic (exact) mass is 587 g/mol. The smallest absolute Gasteiger partial charge is 0.316 e. The van der Waals surface area contributed by atoms with Crippen molar-refractivity contribution in [2.24, 2.45) is 45.7 Å². The van der Waals surface area contributed by atoms with Crippen LogP contribution in [0.15, 0.2) is 0 Å². The zero-order valence-corrected chi connectivity index (χ0v) is 26.3. The van der Waals surface area contributed by atoms with E-state index in [4.69, 9.17) is 5.73 Å². The van der Waals surface area contributed by atoms with E-state index in [-0.39, 0.29) is 34.9 Å². The van der Waals surface area contributed by atoms with E-state index in [0.29, 0.717) is 13.0 Å². The molecule has 0 radical (unpaired) electrons. The van der Waals surface area contributed by atoms with E-state index < -0.39 is 64.5 Å². The Hall–Kier alpha value is -2.98. The maximum absolute atomic E-state index is 14.2. The summed E-state index contributed by atoms with van der Waals surface area (Å²) in [5.74, 6) is -2.64. The summed E-state index contributed by atoms with van der Waals surface area (Å²) in [4.78, 5) is 80.0. The molecule has 0 aromatic heterocycles. The SMILES string of the molecule is CC(C)(C)[C@H](NC(=O)N[C@H](C(=O)N1C[C@H]2[C@@H]([C@H]1C(=O)NC(CC1CC1)C(=O)C(N)=O)C2(C)C)C(C)(C)C)C(=O)C1CC1. The highest BCUT2D eigenvalue weighted by Gasteiger charge is 2.70. The van der Waals surface area contributed by atoms with E-state index in [0.717, 1.165) is 25.7 Å². The molecule has 11 heteroatoms. The third-order valence-corrected chi connectivity index (χ3v) is 9.70. The summed E-state index contributed by atoms with van der Waals surface area (Å²) in [5.41, 5.74) is 3.87. The van der Waals surface area contributed by atoms with Crippen LogP contribution in [0.25, 0.3) is 0 Å². The molecule has 42 heavy (non-hydrogen) atoms. The fraction of sp³-hybridized carbons (Fsp3) is 0.806. The fourth-order valence-electron chi connectivity index (χ4n) is 6.60. The van der Waals surface area contributed by atoms with Gasteiger partial charge in [-0.1, -0.05) is 68.2 Å². The number of piperidine rings is 1. The number of ketones is 2. The molecule has 4 fully saturated rings. The van der Waals surface area contributed by atoms with Crippen molar-refractivity contribution >= 4 is 35.3 Å². The van der Waals surface area contributed by atoms with E-state index in [2.05, 4.69) is 29.8 Å². The lowest BCUT2D eigenvalue weighted by molar-refractivity contribution is -0.145. The van der Waals surface area contributed by atoms with Crippen LogP contribution >= 0.6 is 0 Å². The molecule has 11 nitrogen and oxygen atoms in total. The number of hydrogen-bond donors (Lipinski definition) is 4. The van der Waals surface area contributed by atoms with Crippen LogP contribution in [-0.4, -0.2) is 70.9 Å². The number of urea groups is 1. The van der Waals surface area contributed by atoms with Crippen molar-refractivity contribution in [1.82, 2.24) is 20.9 Å². The number of fused-ring (bicyclic) bond motifs is 1. The molecule has 4 aliphatic rings. The van der Waals surface area contributed by atoms with Crippen LogP contribution in [0.2, 0.25) is 0 Å². The van der Waals surface area contributed by atoms with Crippen LogP contribution in [0.4, 0.5) is 4.79 Å². The number of primary amides is 1. The molecule has 4 rings (SSSR count).